The number of nitrogens with two attached hydrogens (primary N) is 1. The molecule has 0 aliphatic rings. The van der Waals surface area contributed by atoms with Gasteiger partial charge >= 0.3 is 5.97 Å². The Balaban J connectivity index is 3.02. The molecule has 0 fully saturated rings. The Morgan fingerprint density at radius 1 is 1.43 bits per heavy atom. The van der Waals surface area contributed by atoms with Gasteiger partial charge in [0.15, 0.2) is 0 Å². The van der Waals surface area contributed by atoms with E-state index < -0.39 is 24.0 Å². The molecule has 0 saturated carbocycles. The highest BCUT2D eigenvalue weighted by atomic mass is 19.1. The lowest BCUT2D eigenvalue weighted by molar-refractivity contribution is -0.139. The summed E-state index contributed by atoms with van der Waals surface area (Å²) in [6.45, 7) is 0. The maximum Gasteiger partial charge on any atom is 0.310 e. The van der Waals surface area contributed by atoms with Gasteiger partial charge in [-0.1, -0.05) is 0 Å². The van der Waals surface area contributed by atoms with E-state index in [2.05, 4.69) is 4.74 Å². The molecule has 0 bridgehead atoms. The number of methoxy groups -OCH3 is 1. The normalized spacial score (nSPS) is 9.93. The van der Waals surface area contributed by atoms with Crippen molar-refractivity contribution >= 4 is 11.7 Å². The number of hydrogen-bond donors (Lipinski definition) is 1. The number of rotatable bonds is 2. The molecule has 0 heterocycles. The number of benzene rings is 1. The zero-order valence-electron chi connectivity index (χ0n) is 7.51. The first-order chi connectivity index (χ1) is 6.54. The van der Waals surface area contributed by atoms with E-state index in [4.69, 9.17) is 5.73 Å². The number of carbonyl (C=O) groups is 1. The predicted molar refractivity (Wildman–Crippen MR) is 46.5 cm³/mol. The second-order valence-electron chi connectivity index (χ2n) is 2.72. The van der Waals surface area contributed by atoms with Crippen molar-refractivity contribution < 1.29 is 18.3 Å². The van der Waals surface area contributed by atoms with Crippen molar-refractivity contribution in [1.82, 2.24) is 0 Å². The molecule has 14 heavy (non-hydrogen) atoms. The van der Waals surface area contributed by atoms with E-state index in [0.29, 0.717) is 0 Å². The SMILES string of the molecule is COC(=O)Cc1c(F)cc(N)cc1F. The maximum absolute atomic E-state index is 13.1. The average Bonchev–Trinajstić information content (AvgIpc) is 2.10. The van der Waals surface area contributed by atoms with Crippen LogP contribution in [0.1, 0.15) is 5.56 Å². The van der Waals surface area contributed by atoms with Crippen LogP contribution in [0.5, 0.6) is 0 Å². The van der Waals surface area contributed by atoms with Crippen LogP contribution in [0.25, 0.3) is 0 Å². The van der Waals surface area contributed by atoms with E-state index in [-0.39, 0.29) is 11.3 Å². The Morgan fingerprint density at radius 3 is 2.36 bits per heavy atom. The first-order valence-corrected chi connectivity index (χ1v) is 3.84. The van der Waals surface area contributed by atoms with Gasteiger partial charge in [0.2, 0.25) is 0 Å². The summed E-state index contributed by atoms with van der Waals surface area (Å²) in [6.07, 6.45) is -0.436. The minimum absolute atomic E-state index is 0.0198. The number of carbonyl (C=O) groups excluding carboxylic acids is 1. The summed E-state index contributed by atoms with van der Waals surface area (Å²) in [5, 5.41) is 0. The Morgan fingerprint density at radius 2 is 1.93 bits per heavy atom. The molecule has 0 spiro atoms. The molecule has 0 aromatic heterocycles. The summed E-state index contributed by atoms with van der Waals surface area (Å²) in [4.78, 5) is 10.8. The highest BCUT2D eigenvalue weighted by Crippen LogP contribution is 2.17. The molecule has 0 aliphatic carbocycles. The van der Waals surface area contributed by atoms with Crippen LogP contribution in [0.15, 0.2) is 12.1 Å². The van der Waals surface area contributed by atoms with Gasteiger partial charge in [0.05, 0.1) is 13.5 Å². The van der Waals surface area contributed by atoms with Crippen molar-refractivity contribution in [2.45, 2.75) is 6.42 Å². The van der Waals surface area contributed by atoms with Crippen LogP contribution in [0.3, 0.4) is 0 Å². The highest BCUT2D eigenvalue weighted by Gasteiger charge is 2.14. The molecule has 1 aromatic rings. The molecule has 5 heteroatoms. The van der Waals surface area contributed by atoms with E-state index in [1.54, 1.807) is 0 Å². The maximum atomic E-state index is 13.1. The van der Waals surface area contributed by atoms with Gasteiger partial charge in [0.1, 0.15) is 11.6 Å². The summed E-state index contributed by atoms with van der Waals surface area (Å²) < 4.78 is 30.5. The van der Waals surface area contributed by atoms with Crippen molar-refractivity contribution in [2.75, 3.05) is 12.8 Å². The second-order valence-corrected chi connectivity index (χ2v) is 2.72. The van der Waals surface area contributed by atoms with Crippen LogP contribution >= 0.6 is 0 Å². The molecule has 0 radical (unpaired) electrons. The van der Waals surface area contributed by atoms with Gasteiger partial charge in [-0.15, -0.1) is 0 Å². The van der Waals surface area contributed by atoms with Gasteiger partial charge in [-0.3, -0.25) is 4.79 Å². The van der Waals surface area contributed by atoms with Gasteiger partial charge in [-0.25, -0.2) is 8.78 Å². The van der Waals surface area contributed by atoms with Crippen LogP contribution in [0.2, 0.25) is 0 Å². The minimum atomic E-state index is -0.840. The van der Waals surface area contributed by atoms with E-state index in [1.165, 1.54) is 0 Å². The van der Waals surface area contributed by atoms with E-state index >= 15 is 0 Å². The number of esters is 1. The smallest absolute Gasteiger partial charge is 0.310 e. The Kier molecular flexibility index (Phi) is 3.01. The summed E-state index contributed by atoms with van der Waals surface area (Å²) in [5.41, 5.74) is 4.85. The molecule has 0 saturated heterocycles. The number of anilines is 1. The van der Waals surface area contributed by atoms with E-state index in [0.717, 1.165) is 19.2 Å². The fourth-order valence-electron chi connectivity index (χ4n) is 1.01. The van der Waals surface area contributed by atoms with Crippen LogP contribution in [0.4, 0.5) is 14.5 Å². The van der Waals surface area contributed by atoms with Gasteiger partial charge in [-0.2, -0.15) is 0 Å². The molecule has 0 unspecified atom stereocenters. The molecular weight excluding hydrogens is 192 g/mol. The Labute approximate surface area is 79.5 Å². The quantitative estimate of drug-likeness (QED) is 0.579. The summed E-state index contributed by atoms with van der Waals surface area (Å²) in [5.74, 6) is -2.38. The zero-order chi connectivity index (χ0) is 10.7. The third-order valence-electron chi connectivity index (χ3n) is 1.71. The molecule has 0 atom stereocenters. The van der Waals surface area contributed by atoms with Gasteiger partial charge < -0.3 is 10.5 Å². The molecule has 3 nitrogen and oxygen atoms in total. The fraction of sp³-hybridized carbons (Fsp3) is 0.222. The first kappa shape index (κ1) is 10.4. The number of hydrogen-bond acceptors (Lipinski definition) is 3. The lowest BCUT2D eigenvalue weighted by atomic mass is 10.1. The van der Waals surface area contributed by atoms with Crippen LogP contribution in [-0.4, -0.2) is 13.1 Å². The zero-order valence-corrected chi connectivity index (χ0v) is 7.51. The van der Waals surface area contributed by atoms with Crippen LogP contribution in [0, 0.1) is 11.6 Å². The second kappa shape index (κ2) is 4.04. The summed E-state index contributed by atoms with van der Waals surface area (Å²) in [7, 11) is 1.15. The Bertz CT molecular complexity index is 343. The highest BCUT2D eigenvalue weighted by molar-refractivity contribution is 5.72. The number of halogens is 2. The number of ether oxygens (including phenoxy) is 1. The monoisotopic (exact) mass is 201 g/mol. The predicted octanol–water partition coefficient (Wildman–Crippen LogP) is 1.26. The van der Waals surface area contributed by atoms with Crippen molar-refractivity contribution in [3.8, 4) is 0 Å². The molecule has 1 aromatic carbocycles. The Hall–Kier alpha value is -1.65. The van der Waals surface area contributed by atoms with Crippen molar-refractivity contribution in [2.24, 2.45) is 0 Å². The van der Waals surface area contributed by atoms with Gasteiger partial charge in [-0.05, 0) is 12.1 Å². The van der Waals surface area contributed by atoms with Crippen molar-refractivity contribution in [1.29, 1.82) is 0 Å². The number of nitrogen functional groups attached to an aromatic ring is 1. The minimum Gasteiger partial charge on any atom is -0.469 e. The molecule has 1 rings (SSSR count). The molecule has 76 valence electrons. The third-order valence-corrected chi connectivity index (χ3v) is 1.71. The van der Waals surface area contributed by atoms with E-state index in [9.17, 15) is 13.6 Å². The van der Waals surface area contributed by atoms with Crippen LogP contribution < -0.4 is 5.73 Å². The topological polar surface area (TPSA) is 52.3 Å². The fourth-order valence-corrected chi connectivity index (χ4v) is 1.01. The molecule has 0 aliphatic heterocycles. The lowest BCUT2D eigenvalue weighted by Gasteiger charge is -2.04. The van der Waals surface area contributed by atoms with Crippen LogP contribution in [-0.2, 0) is 16.0 Å². The van der Waals surface area contributed by atoms with Crippen molar-refractivity contribution in [3.63, 3.8) is 0 Å². The van der Waals surface area contributed by atoms with Gasteiger partial charge in [0.25, 0.3) is 0 Å². The third kappa shape index (κ3) is 2.18. The van der Waals surface area contributed by atoms with Crippen molar-refractivity contribution in [3.05, 3.63) is 29.3 Å². The molecule has 0 amide bonds. The average molecular weight is 201 g/mol. The summed E-state index contributed by atoms with van der Waals surface area (Å²) in [6, 6.07) is 1.92. The standard InChI is InChI=1S/C9H9F2NO2/c1-14-9(13)4-6-7(10)2-5(12)3-8(6)11/h2-3H,4,12H2,1H3. The lowest BCUT2D eigenvalue weighted by Crippen LogP contribution is -2.08. The van der Waals surface area contributed by atoms with E-state index in [1.807, 2.05) is 0 Å². The summed E-state index contributed by atoms with van der Waals surface area (Å²) >= 11 is 0. The molecular formula is C9H9F2NO2. The first-order valence-electron chi connectivity index (χ1n) is 3.84. The van der Waals surface area contributed by atoms with Gasteiger partial charge in [0, 0.05) is 11.3 Å². The largest absolute Gasteiger partial charge is 0.469 e. The molecule has 2 N–H and O–H groups in total.